The predicted molar refractivity (Wildman–Crippen MR) is 75.4 cm³/mol. The van der Waals surface area contributed by atoms with E-state index >= 15 is 0 Å². The number of hydrogen-bond acceptors (Lipinski definition) is 3. The molecule has 1 aromatic carbocycles. The molecule has 0 bridgehead atoms. The van der Waals surface area contributed by atoms with E-state index in [-0.39, 0.29) is 4.49 Å². The van der Waals surface area contributed by atoms with Gasteiger partial charge in [0.1, 0.15) is 16.8 Å². The van der Waals surface area contributed by atoms with Crippen LogP contribution in [0.15, 0.2) is 33.9 Å². The summed E-state index contributed by atoms with van der Waals surface area (Å²) in [6.07, 6.45) is 4.54. The SMILES string of the molecule is NN=C1CCCc2c(OCC=C(Cl)Cl)cccc21. The smallest absolute Gasteiger partial charge is 0.123 e. The Hall–Kier alpha value is -1.19. The lowest BCUT2D eigenvalue weighted by atomic mass is 9.89. The average Bonchev–Trinajstić information content (AvgIpc) is 2.38. The van der Waals surface area contributed by atoms with Crippen molar-refractivity contribution in [1.29, 1.82) is 0 Å². The van der Waals surface area contributed by atoms with Gasteiger partial charge in [0, 0.05) is 11.1 Å². The summed E-state index contributed by atoms with van der Waals surface area (Å²) in [5, 5.41) is 3.85. The molecule has 0 radical (unpaired) electrons. The molecule has 0 fully saturated rings. The predicted octanol–water partition coefficient (Wildman–Crippen LogP) is 3.38. The molecule has 2 rings (SSSR count). The molecule has 0 spiro atoms. The molecule has 1 aliphatic carbocycles. The van der Waals surface area contributed by atoms with Crippen molar-refractivity contribution in [2.24, 2.45) is 10.9 Å². The van der Waals surface area contributed by atoms with Crippen LogP contribution in [-0.4, -0.2) is 12.3 Å². The van der Waals surface area contributed by atoms with E-state index in [0.717, 1.165) is 41.9 Å². The van der Waals surface area contributed by atoms with Crippen molar-refractivity contribution >= 4 is 28.9 Å². The molecule has 96 valence electrons. The molecule has 0 heterocycles. The maximum absolute atomic E-state index is 5.67. The summed E-state index contributed by atoms with van der Waals surface area (Å²) in [5.74, 6) is 6.26. The maximum atomic E-state index is 5.67. The second-order valence-corrected chi connectivity index (χ2v) is 5.02. The molecule has 0 aliphatic heterocycles. The van der Waals surface area contributed by atoms with Crippen molar-refractivity contribution in [1.82, 2.24) is 0 Å². The molecule has 5 heteroatoms. The fourth-order valence-corrected chi connectivity index (χ4v) is 2.25. The fraction of sp³-hybridized carbons (Fsp3) is 0.308. The summed E-state index contributed by atoms with van der Waals surface area (Å²) in [6, 6.07) is 5.91. The Balaban J connectivity index is 2.25. The highest BCUT2D eigenvalue weighted by Crippen LogP contribution is 2.29. The largest absolute Gasteiger partial charge is 0.489 e. The zero-order valence-electron chi connectivity index (χ0n) is 9.83. The Kier molecular flexibility index (Phi) is 4.50. The molecule has 3 nitrogen and oxygen atoms in total. The first-order chi connectivity index (χ1) is 8.72. The van der Waals surface area contributed by atoms with Crippen LogP contribution in [-0.2, 0) is 6.42 Å². The van der Waals surface area contributed by atoms with E-state index in [4.69, 9.17) is 33.8 Å². The van der Waals surface area contributed by atoms with Crippen LogP contribution in [0.25, 0.3) is 0 Å². The number of hydrogen-bond donors (Lipinski definition) is 1. The first-order valence-corrected chi connectivity index (χ1v) is 6.51. The van der Waals surface area contributed by atoms with Crippen LogP contribution in [0.3, 0.4) is 0 Å². The van der Waals surface area contributed by atoms with E-state index in [2.05, 4.69) is 5.10 Å². The van der Waals surface area contributed by atoms with E-state index in [1.807, 2.05) is 18.2 Å². The lowest BCUT2D eigenvalue weighted by Crippen LogP contribution is -2.15. The van der Waals surface area contributed by atoms with Crippen molar-refractivity contribution in [2.45, 2.75) is 19.3 Å². The summed E-state index contributed by atoms with van der Waals surface area (Å²) in [5.41, 5.74) is 3.18. The van der Waals surface area contributed by atoms with Crippen LogP contribution in [0, 0.1) is 0 Å². The van der Waals surface area contributed by atoms with Crippen LogP contribution in [0.2, 0.25) is 0 Å². The molecule has 1 aliphatic rings. The van der Waals surface area contributed by atoms with Crippen molar-refractivity contribution in [3.63, 3.8) is 0 Å². The third-order valence-electron chi connectivity index (χ3n) is 2.92. The molecule has 0 amide bonds. The molecule has 18 heavy (non-hydrogen) atoms. The molecule has 2 N–H and O–H groups in total. The molecule has 0 unspecified atom stereocenters. The third kappa shape index (κ3) is 2.98. The van der Waals surface area contributed by atoms with Crippen molar-refractivity contribution < 1.29 is 4.74 Å². The quantitative estimate of drug-likeness (QED) is 0.683. The van der Waals surface area contributed by atoms with E-state index < -0.39 is 0 Å². The van der Waals surface area contributed by atoms with E-state index in [1.165, 1.54) is 0 Å². The number of hydrazone groups is 1. The number of benzene rings is 1. The van der Waals surface area contributed by atoms with Gasteiger partial charge in [-0.05, 0) is 31.4 Å². The van der Waals surface area contributed by atoms with Gasteiger partial charge in [0.25, 0.3) is 0 Å². The lowest BCUT2D eigenvalue weighted by molar-refractivity contribution is 0.358. The van der Waals surface area contributed by atoms with Gasteiger partial charge in [-0.1, -0.05) is 35.3 Å². The molecular weight excluding hydrogens is 271 g/mol. The van der Waals surface area contributed by atoms with E-state index in [9.17, 15) is 0 Å². The molecule has 0 aromatic heterocycles. The standard InChI is InChI=1S/C13H14Cl2N2O/c14-13(15)7-8-18-12-6-2-3-9-10(12)4-1-5-11(9)17-16/h2-3,6-7H,1,4-5,8,16H2. The monoisotopic (exact) mass is 284 g/mol. The zero-order valence-corrected chi connectivity index (χ0v) is 11.3. The summed E-state index contributed by atoms with van der Waals surface area (Å²) < 4.78 is 5.88. The highest BCUT2D eigenvalue weighted by Gasteiger charge is 2.18. The van der Waals surface area contributed by atoms with Crippen molar-refractivity contribution in [2.75, 3.05) is 6.61 Å². The van der Waals surface area contributed by atoms with Gasteiger partial charge in [0.05, 0.1) is 5.71 Å². The summed E-state index contributed by atoms with van der Waals surface area (Å²) in [6.45, 7) is 0.355. The van der Waals surface area contributed by atoms with Crippen LogP contribution < -0.4 is 10.6 Å². The van der Waals surface area contributed by atoms with Crippen LogP contribution in [0.5, 0.6) is 5.75 Å². The van der Waals surface area contributed by atoms with Gasteiger partial charge in [-0.2, -0.15) is 5.10 Å². The number of fused-ring (bicyclic) bond motifs is 1. The van der Waals surface area contributed by atoms with Gasteiger partial charge in [-0.15, -0.1) is 0 Å². The normalized spacial score (nSPS) is 16.2. The Bertz CT molecular complexity index is 494. The first kappa shape index (κ1) is 13.2. The Morgan fingerprint density at radius 1 is 1.39 bits per heavy atom. The van der Waals surface area contributed by atoms with Crippen molar-refractivity contribution in [3.05, 3.63) is 39.9 Å². The van der Waals surface area contributed by atoms with Gasteiger partial charge < -0.3 is 10.6 Å². The first-order valence-electron chi connectivity index (χ1n) is 5.75. The number of ether oxygens (including phenoxy) is 1. The van der Waals surface area contributed by atoms with Gasteiger partial charge in [-0.25, -0.2) is 0 Å². The van der Waals surface area contributed by atoms with Gasteiger partial charge in [0.15, 0.2) is 0 Å². The summed E-state index contributed by atoms with van der Waals surface area (Å²) in [4.78, 5) is 0. The van der Waals surface area contributed by atoms with Gasteiger partial charge >= 0.3 is 0 Å². The minimum absolute atomic E-state index is 0.212. The second-order valence-electron chi connectivity index (χ2n) is 4.02. The molecule has 0 saturated heterocycles. The summed E-state index contributed by atoms with van der Waals surface area (Å²) >= 11 is 11.1. The topological polar surface area (TPSA) is 47.6 Å². The molecule has 0 atom stereocenters. The molecule has 0 saturated carbocycles. The number of halogens is 2. The van der Waals surface area contributed by atoms with Crippen molar-refractivity contribution in [3.8, 4) is 5.75 Å². The average molecular weight is 285 g/mol. The third-order valence-corrected chi connectivity index (χ3v) is 3.23. The van der Waals surface area contributed by atoms with Crippen LogP contribution in [0.4, 0.5) is 0 Å². The Labute approximate surface area is 116 Å². The van der Waals surface area contributed by atoms with E-state index in [0.29, 0.717) is 6.61 Å². The van der Waals surface area contributed by atoms with Crippen LogP contribution >= 0.6 is 23.2 Å². The fourth-order valence-electron chi connectivity index (χ4n) is 2.12. The number of nitrogens with two attached hydrogens (primary N) is 1. The molecular formula is C13H14Cl2N2O. The highest BCUT2D eigenvalue weighted by atomic mass is 35.5. The minimum atomic E-state index is 0.212. The zero-order chi connectivity index (χ0) is 13.0. The van der Waals surface area contributed by atoms with E-state index in [1.54, 1.807) is 6.08 Å². The number of nitrogens with zero attached hydrogens (tertiary/aromatic N) is 1. The van der Waals surface area contributed by atoms with Crippen LogP contribution in [0.1, 0.15) is 24.0 Å². The summed E-state index contributed by atoms with van der Waals surface area (Å²) in [7, 11) is 0. The van der Waals surface area contributed by atoms with Gasteiger partial charge in [0.2, 0.25) is 0 Å². The Morgan fingerprint density at radius 2 is 2.22 bits per heavy atom. The maximum Gasteiger partial charge on any atom is 0.123 e. The Morgan fingerprint density at radius 3 is 2.94 bits per heavy atom. The highest BCUT2D eigenvalue weighted by molar-refractivity contribution is 6.55. The molecule has 1 aromatic rings. The minimum Gasteiger partial charge on any atom is -0.489 e. The second kappa shape index (κ2) is 6.12. The lowest BCUT2D eigenvalue weighted by Gasteiger charge is -2.20. The van der Waals surface area contributed by atoms with Gasteiger partial charge in [-0.3, -0.25) is 0 Å². The number of rotatable bonds is 3.